The van der Waals surface area contributed by atoms with Crippen molar-refractivity contribution in [3.05, 3.63) is 218 Å². The van der Waals surface area contributed by atoms with Gasteiger partial charge in [-0.05, 0) is 32.7 Å². The van der Waals surface area contributed by atoms with Gasteiger partial charge in [0, 0.05) is 0 Å². The van der Waals surface area contributed by atoms with Crippen molar-refractivity contribution in [3.63, 3.8) is 0 Å². The van der Waals surface area contributed by atoms with Gasteiger partial charge in [-0.2, -0.15) is 0 Å². The van der Waals surface area contributed by atoms with Gasteiger partial charge in [-0.15, -0.1) is 75.8 Å². The molecule has 0 saturated carbocycles. The van der Waals surface area contributed by atoms with Gasteiger partial charge in [0.25, 0.3) is 0 Å². The maximum atomic E-state index is 5.86. The molecule has 2 aromatic rings. The topological polar surface area (TPSA) is 0 Å². The Kier molecular flexibility index (Phi) is 72.2. The van der Waals surface area contributed by atoms with Gasteiger partial charge in [0.2, 0.25) is 0 Å². The maximum Gasteiger partial charge on any atom is 2.00 e. The van der Waals surface area contributed by atoms with E-state index in [1.807, 2.05) is 36.5 Å². The third-order valence-corrected chi connectivity index (χ3v) is 13.2. The second-order valence-electron chi connectivity index (χ2n) is 43.6. The molecule has 2 rings (SSSR count). The third-order valence-electron chi connectivity index (χ3n) is 13.2. The zero-order chi connectivity index (χ0) is 83.2. The first kappa shape index (κ1) is 138. The van der Waals surface area contributed by atoms with Crippen LogP contribution < -0.4 is 0 Å². The molecule has 0 heterocycles. The molecule has 7 heteroatoms. The molecule has 0 saturated heterocycles. The standard InChI is InChI=1S/C18H24.7C12H20.7W/c1-17(2,3)15-11-13-9-7-8-10-14(13)12-16(15)18(4,5)6;2*1-10(12(5,6)7)8-9-11(2,3)4;2*1-11(2,3)9-7-8-10-12(4,5)6;3*1-8-10(12(5,6)7)9-11(2,3)4;;;;;;;/h7-12H,1-6H3;2*1,8H,2-7H3;2*7-8H,1-6H3;3*1,8H,2-7H3;;;;;;;/q;7*-2;7*+2. The van der Waals surface area contributed by atoms with Crippen LogP contribution in [-0.4, -0.2) is 0 Å². The van der Waals surface area contributed by atoms with E-state index in [1.165, 1.54) is 21.9 Å². The van der Waals surface area contributed by atoms with Crippen LogP contribution in [0.4, 0.5) is 0 Å². The first-order valence-corrected chi connectivity index (χ1v) is 37.4. The summed E-state index contributed by atoms with van der Waals surface area (Å²) < 4.78 is 0. The maximum absolute atomic E-state index is 5.86. The number of fused-ring (bicyclic) bond motifs is 1. The summed E-state index contributed by atoms with van der Waals surface area (Å²) in [5, 5.41) is 2.69. The van der Waals surface area contributed by atoms with Crippen molar-refractivity contribution in [3.8, 4) is 0 Å². The summed E-state index contributed by atoms with van der Waals surface area (Å²) in [5.41, 5.74) is 9.79. The van der Waals surface area contributed by atoms with Crippen LogP contribution in [0.5, 0.6) is 0 Å². The fourth-order valence-electron chi connectivity index (χ4n) is 7.32. The van der Waals surface area contributed by atoms with E-state index in [9.17, 15) is 0 Å². The van der Waals surface area contributed by atoms with E-state index in [0.717, 1.165) is 27.9 Å². The van der Waals surface area contributed by atoms with E-state index in [4.69, 9.17) is 32.9 Å². The summed E-state index contributed by atoms with van der Waals surface area (Å²) in [5.74, 6) is 0. The molecule has 0 N–H and O–H groups in total. The Morgan fingerprint density at radius 1 is 0.248 bits per heavy atom. The third kappa shape index (κ3) is 90.1. The van der Waals surface area contributed by atoms with Gasteiger partial charge in [0.15, 0.2) is 0 Å². The molecule has 614 valence electrons. The second-order valence-corrected chi connectivity index (χ2v) is 43.6. The summed E-state index contributed by atoms with van der Waals surface area (Å²) in [4.78, 5) is 0. The smallest absolute Gasteiger partial charge is 0.394 e. The van der Waals surface area contributed by atoms with Gasteiger partial charge >= 0.3 is 147 Å². The van der Waals surface area contributed by atoms with Crippen molar-refractivity contribution in [1.82, 2.24) is 0 Å². The van der Waals surface area contributed by atoms with Crippen LogP contribution in [0.15, 0.2) is 119 Å². The number of hydrogen-bond donors (Lipinski definition) is 0. The van der Waals surface area contributed by atoms with E-state index in [2.05, 4.69) is 423 Å². The van der Waals surface area contributed by atoms with Gasteiger partial charge < -0.3 is 170 Å². The molecule has 0 aliphatic rings. The van der Waals surface area contributed by atoms with E-state index < -0.39 is 0 Å². The van der Waals surface area contributed by atoms with Gasteiger partial charge in [0.1, 0.15) is 0 Å². The van der Waals surface area contributed by atoms with Crippen molar-refractivity contribution in [2.24, 2.45) is 75.8 Å². The summed E-state index contributed by atoms with van der Waals surface area (Å²) in [6.07, 6.45) is 46.2. The van der Waals surface area contributed by atoms with Crippen molar-refractivity contribution in [1.29, 1.82) is 0 Å². The van der Waals surface area contributed by atoms with Crippen molar-refractivity contribution < 1.29 is 147 Å². The van der Waals surface area contributed by atoms with Crippen molar-refractivity contribution in [2.75, 3.05) is 0 Å². The number of allylic oxidation sites excluding steroid dienone is 23. The summed E-state index contributed by atoms with van der Waals surface area (Å²) in [6.45, 7) is 131. The molecule has 0 aliphatic carbocycles. The Balaban J connectivity index is -0.0000000875. The Morgan fingerprint density at radius 3 is 0.514 bits per heavy atom. The molecule has 0 amide bonds. The van der Waals surface area contributed by atoms with Crippen LogP contribution in [0.2, 0.25) is 0 Å². The van der Waals surface area contributed by atoms with Gasteiger partial charge in [-0.25, -0.2) is 0 Å². The van der Waals surface area contributed by atoms with Gasteiger partial charge in [-0.3, -0.25) is 0 Å². The SMILES string of the molecule is CC(C)(C)[C-]=CC=[C-]C(C)(C)C.CC(C)(C)[C-]=CC=[C-]C(C)(C)C.CC(C)(C)c1cc2ccccc2cc1C(C)(C)C.[CH-]=C(C=[C-]C(C)(C)C)C(C)(C)C.[CH-]=C(C=[C-]C(C)(C)C)C(C)(C)C.[CH-]=CC(=[C-]C(C)(C)C)C(C)(C)C.[CH-]=CC(=[C-]C(C)(C)C)C(C)(C)C.[CH-]=CC(=[C-]C(C)(C)C)C(C)(C)C.[W+2].[W+2].[W+2].[W+2].[W+2].[W+2].[W+2]. The fraction of sp³-hybridized carbons (Fsp3) is 0.627. The first-order valence-electron chi connectivity index (χ1n) is 37.4. The van der Waals surface area contributed by atoms with Crippen LogP contribution in [-0.2, 0) is 158 Å². The largest absolute Gasteiger partial charge is 2.00 e. The summed E-state index contributed by atoms with van der Waals surface area (Å²) in [7, 11) is 0. The second kappa shape index (κ2) is 57.1. The predicted octanol–water partition coefficient (Wildman–Crippen LogP) is 32.0. The van der Waals surface area contributed by atoms with Gasteiger partial charge in [0.05, 0.1) is 0 Å². The number of rotatable bonds is 7. The predicted molar refractivity (Wildman–Crippen MR) is 463 cm³/mol. The molecule has 0 aliphatic heterocycles. The molecule has 0 bridgehead atoms. The van der Waals surface area contributed by atoms with Crippen LogP contribution >= 0.6 is 0 Å². The summed E-state index contributed by atoms with van der Waals surface area (Å²) >= 11 is 0. The first-order chi connectivity index (χ1) is 44.4. The van der Waals surface area contributed by atoms with Crippen LogP contribution in [0.25, 0.3) is 10.8 Å². The average Bonchev–Trinajstić information content (AvgIpc) is 0.772. The average molecular weight is 2680 g/mol. The minimum atomic E-state index is 0. The Morgan fingerprint density at radius 2 is 0.413 bits per heavy atom. The van der Waals surface area contributed by atoms with E-state index in [-0.39, 0.29) is 234 Å². The van der Waals surface area contributed by atoms with Crippen LogP contribution in [0.3, 0.4) is 0 Å². The summed E-state index contributed by atoms with van der Waals surface area (Å²) in [6, 6.07) is 13.4. The molecular weight excluding hydrogens is 2510 g/mol. The molecule has 0 spiro atoms. The van der Waals surface area contributed by atoms with Crippen molar-refractivity contribution >= 4 is 10.8 Å². The molecule has 109 heavy (non-hydrogen) atoms. The molecule has 0 unspecified atom stereocenters. The fourth-order valence-corrected chi connectivity index (χ4v) is 7.32. The van der Waals surface area contributed by atoms with Crippen molar-refractivity contribution in [2.45, 2.75) is 343 Å². The monoisotopic (exact) mass is 2680 g/mol. The minimum absolute atomic E-state index is 0. The Hall–Kier alpha value is -0.122. The molecular formula is C102H164W7. The van der Waals surface area contributed by atoms with E-state index in [0.29, 0.717) is 0 Å². The normalized spacial score (nSPS) is 13.3. The quantitative estimate of drug-likeness (QED) is 0.191. The number of hydrogen-bond acceptors (Lipinski definition) is 0. The van der Waals surface area contributed by atoms with Gasteiger partial charge in [-0.1, -0.05) is 369 Å². The molecule has 0 nitrogen and oxygen atoms in total. The van der Waals surface area contributed by atoms with Crippen LogP contribution in [0, 0.1) is 163 Å². The van der Waals surface area contributed by atoms with Crippen LogP contribution in [0.1, 0.15) is 343 Å². The molecule has 0 fully saturated rings. The molecule has 0 atom stereocenters. The molecule has 2 aromatic carbocycles. The Labute approximate surface area is 786 Å². The molecule has 0 radical (unpaired) electrons. The van der Waals surface area contributed by atoms with E-state index in [1.54, 1.807) is 18.2 Å². The number of benzene rings is 2. The zero-order valence-electron chi connectivity index (χ0n) is 79.4. The molecule has 0 aromatic heterocycles. The van der Waals surface area contributed by atoms with E-state index >= 15 is 0 Å². The Bertz CT molecular complexity index is 2790. The minimum Gasteiger partial charge on any atom is -0.394 e. The zero-order valence-corrected chi connectivity index (χ0v) is 99.9.